The number of benzene rings is 2. The summed E-state index contributed by atoms with van der Waals surface area (Å²) >= 11 is 0. The van der Waals surface area contributed by atoms with Crippen LogP contribution >= 0.6 is 0 Å². The van der Waals surface area contributed by atoms with E-state index in [0.717, 1.165) is 16.7 Å². The fraction of sp³-hybridized carbons (Fsp3) is 0.0625. The first-order valence-corrected chi connectivity index (χ1v) is 6.82. The van der Waals surface area contributed by atoms with Crippen molar-refractivity contribution >= 4 is 18.0 Å². The summed E-state index contributed by atoms with van der Waals surface area (Å²) in [5.41, 5.74) is 13.9. The Hall–Kier alpha value is -3.35. The van der Waals surface area contributed by atoms with Crippen LogP contribution in [-0.4, -0.2) is 18.0 Å². The summed E-state index contributed by atoms with van der Waals surface area (Å²) in [6.07, 6.45) is -1.39. The minimum atomic E-state index is -1.39. The first-order valence-electron chi connectivity index (χ1n) is 6.82. The molecule has 116 valence electrons. The number of fused-ring (bicyclic) bond motifs is 3. The van der Waals surface area contributed by atoms with Gasteiger partial charge in [-0.15, -0.1) is 0 Å². The van der Waals surface area contributed by atoms with E-state index in [-0.39, 0.29) is 11.5 Å². The predicted octanol–water partition coefficient (Wildman–Crippen LogP) is 0.103. The monoisotopic (exact) mass is 309 g/mol. The summed E-state index contributed by atoms with van der Waals surface area (Å²) in [5.74, 6) is -0.917. The molecule has 7 heteroatoms. The summed E-state index contributed by atoms with van der Waals surface area (Å²) in [6.45, 7) is 0. The molecular formula is C16H13N4O3-. The quantitative estimate of drug-likeness (QED) is 0.534. The van der Waals surface area contributed by atoms with Gasteiger partial charge in [0.05, 0.1) is 6.04 Å². The third-order valence-corrected chi connectivity index (χ3v) is 3.66. The van der Waals surface area contributed by atoms with Gasteiger partial charge in [0.1, 0.15) is 6.09 Å². The summed E-state index contributed by atoms with van der Waals surface area (Å²) in [4.78, 5) is 26.4. The van der Waals surface area contributed by atoms with Crippen LogP contribution in [-0.2, 0) is 0 Å². The molecule has 1 aliphatic carbocycles. The normalized spacial score (nSPS) is 14.5. The first kappa shape index (κ1) is 14.6. The van der Waals surface area contributed by atoms with Gasteiger partial charge in [-0.2, -0.15) is 4.99 Å². The first-order chi connectivity index (χ1) is 11.0. The molecule has 2 aromatic rings. The Balaban J connectivity index is 2.11. The van der Waals surface area contributed by atoms with Crippen LogP contribution in [0.25, 0.3) is 11.1 Å². The second-order valence-corrected chi connectivity index (χ2v) is 5.10. The van der Waals surface area contributed by atoms with Crippen molar-refractivity contribution in [2.45, 2.75) is 6.04 Å². The highest BCUT2D eigenvalue weighted by atomic mass is 16.4. The Morgan fingerprint density at radius 2 is 1.74 bits per heavy atom. The van der Waals surface area contributed by atoms with Crippen molar-refractivity contribution in [1.82, 2.24) is 5.32 Å². The lowest BCUT2D eigenvalue weighted by molar-refractivity contribution is -0.251. The van der Waals surface area contributed by atoms with Crippen LogP contribution in [0, 0.1) is 0 Å². The van der Waals surface area contributed by atoms with Crippen LogP contribution in [0.5, 0.6) is 0 Å². The van der Waals surface area contributed by atoms with E-state index >= 15 is 0 Å². The Labute approximate surface area is 131 Å². The zero-order chi connectivity index (χ0) is 16.6. The molecule has 2 aromatic carbocycles. The molecule has 0 saturated heterocycles. The molecule has 23 heavy (non-hydrogen) atoms. The summed E-state index contributed by atoms with van der Waals surface area (Å²) in [5, 5.41) is 13.4. The molecule has 0 saturated carbocycles. The van der Waals surface area contributed by atoms with Crippen molar-refractivity contribution in [2.24, 2.45) is 16.5 Å². The second-order valence-electron chi connectivity index (χ2n) is 5.10. The molecule has 0 bridgehead atoms. The molecule has 7 nitrogen and oxygen atoms in total. The molecule has 3 rings (SSSR count). The van der Waals surface area contributed by atoms with Crippen molar-refractivity contribution in [3.63, 3.8) is 0 Å². The zero-order valence-corrected chi connectivity index (χ0v) is 11.9. The Morgan fingerprint density at radius 3 is 2.43 bits per heavy atom. The van der Waals surface area contributed by atoms with Gasteiger partial charge in [-0.25, -0.2) is 0 Å². The fourth-order valence-corrected chi connectivity index (χ4v) is 2.80. The molecule has 0 fully saturated rings. The van der Waals surface area contributed by atoms with Crippen molar-refractivity contribution < 1.29 is 14.7 Å². The molecule has 1 aliphatic rings. The number of carbonyl (C=O) groups excluding carboxylic acids is 2. The smallest absolute Gasteiger partial charge is 0.280 e. The number of guanidine groups is 1. The van der Waals surface area contributed by atoms with Gasteiger partial charge in [0.15, 0.2) is 5.96 Å². The minimum Gasteiger partial charge on any atom is -0.530 e. The third-order valence-electron chi connectivity index (χ3n) is 3.66. The maximum Gasteiger partial charge on any atom is 0.280 e. The van der Waals surface area contributed by atoms with Crippen LogP contribution in [0.15, 0.2) is 47.5 Å². The van der Waals surface area contributed by atoms with E-state index in [1.54, 1.807) is 18.2 Å². The number of hydrogen-bond donors (Lipinski definition) is 3. The van der Waals surface area contributed by atoms with Crippen molar-refractivity contribution in [1.29, 1.82) is 0 Å². The van der Waals surface area contributed by atoms with Gasteiger partial charge in [0.2, 0.25) is 0 Å². The van der Waals surface area contributed by atoms with E-state index in [9.17, 15) is 14.7 Å². The SMILES string of the molecule is NC(N)=NC(=O)c1ccc2c(c1)C(NC(=O)[O-])c1ccccc1-2. The summed E-state index contributed by atoms with van der Waals surface area (Å²) in [6, 6.07) is 11.7. The van der Waals surface area contributed by atoms with E-state index in [2.05, 4.69) is 10.3 Å². The van der Waals surface area contributed by atoms with Gasteiger partial charge < -0.3 is 26.7 Å². The van der Waals surface area contributed by atoms with E-state index in [1.807, 2.05) is 24.3 Å². The molecule has 1 unspecified atom stereocenters. The second kappa shape index (κ2) is 5.45. The zero-order valence-electron chi connectivity index (χ0n) is 11.9. The number of hydrogen-bond acceptors (Lipinski definition) is 3. The van der Waals surface area contributed by atoms with Crippen LogP contribution in [0.2, 0.25) is 0 Å². The molecule has 0 heterocycles. The number of rotatable bonds is 2. The van der Waals surface area contributed by atoms with Gasteiger partial charge in [-0.1, -0.05) is 30.3 Å². The average Bonchev–Trinajstić information content (AvgIpc) is 2.80. The standard InChI is InChI=1S/C16H14N4O3/c17-15(18)20-14(21)8-5-6-10-9-3-1-2-4-11(9)13(12(10)7-8)19-16(22)23/h1-7,13,19H,(H,22,23)(H4,17,18,20,21)/p-1. The molecule has 0 aliphatic heterocycles. The average molecular weight is 309 g/mol. The highest BCUT2D eigenvalue weighted by Crippen LogP contribution is 2.43. The van der Waals surface area contributed by atoms with Crippen LogP contribution in [0.1, 0.15) is 27.5 Å². The number of nitrogens with two attached hydrogens (primary N) is 2. The lowest BCUT2D eigenvalue weighted by atomic mass is 10.0. The summed E-state index contributed by atoms with van der Waals surface area (Å²) < 4.78 is 0. The van der Waals surface area contributed by atoms with E-state index in [0.29, 0.717) is 5.56 Å². The molecule has 5 N–H and O–H groups in total. The van der Waals surface area contributed by atoms with Crippen molar-refractivity contribution in [2.75, 3.05) is 0 Å². The molecule has 1 atom stereocenters. The predicted molar refractivity (Wildman–Crippen MR) is 82.4 cm³/mol. The molecule has 2 amide bonds. The van der Waals surface area contributed by atoms with Crippen LogP contribution in [0.3, 0.4) is 0 Å². The number of aliphatic imine (C=N–C) groups is 1. The number of amides is 2. The highest BCUT2D eigenvalue weighted by Gasteiger charge is 2.29. The third kappa shape index (κ3) is 2.59. The van der Waals surface area contributed by atoms with Gasteiger partial charge >= 0.3 is 0 Å². The largest absolute Gasteiger partial charge is 0.530 e. The van der Waals surface area contributed by atoms with Crippen molar-refractivity contribution in [3.8, 4) is 11.1 Å². The minimum absolute atomic E-state index is 0.273. The van der Waals surface area contributed by atoms with Gasteiger partial charge in [-0.3, -0.25) is 4.79 Å². The molecule has 0 aromatic heterocycles. The lowest BCUT2D eigenvalue weighted by Crippen LogP contribution is -2.38. The topological polar surface area (TPSA) is 134 Å². The Bertz CT molecular complexity index is 841. The van der Waals surface area contributed by atoms with E-state index < -0.39 is 18.0 Å². The summed E-state index contributed by atoms with van der Waals surface area (Å²) in [7, 11) is 0. The van der Waals surface area contributed by atoms with E-state index in [1.165, 1.54) is 0 Å². The maximum absolute atomic E-state index is 12.0. The number of nitrogens with one attached hydrogen (secondary N) is 1. The molecule has 0 radical (unpaired) electrons. The molecular weight excluding hydrogens is 296 g/mol. The maximum atomic E-state index is 12.0. The van der Waals surface area contributed by atoms with Gasteiger partial charge in [-0.05, 0) is 34.4 Å². The molecule has 0 spiro atoms. The highest BCUT2D eigenvalue weighted by molar-refractivity contribution is 6.02. The van der Waals surface area contributed by atoms with Gasteiger partial charge in [0.25, 0.3) is 5.91 Å². The van der Waals surface area contributed by atoms with Crippen molar-refractivity contribution in [3.05, 3.63) is 59.2 Å². The fourth-order valence-electron chi connectivity index (χ4n) is 2.80. The lowest BCUT2D eigenvalue weighted by Gasteiger charge is -2.17. The number of carbonyl (C=O) groups is 2. The number of nitrogens with zero attached hydrogens (tertiary/aromatic N) is 1. The van der Waals surface area contributed by atoms with Crippen LogP contribution < -0.4 is 21.9 Å². The Kier molecular flexibility index (Phi) is 3.46. The van der Waals surface area contributed by atoms with Crippen LogP contribution in [0.4, 0.5) is 4.79 Å². The van der Waals surface area contributed by atoms with E-state index in [4.69, 9.17) is 11.5 Å². The van der Waals surface area contributed by atoms with Gasteiger partial charge in [0, 0.05) is 5.56 Å². The Morgan fingerprint density at radius 1 is 1.04 bits per heavy atom. The number of carboxylic acid groups (broad SMARTS) is 1.